The molecular formula is C23H19F3N4O. The Hall–Kier alpha value is -3.68. The number of aryl methyl sites for hydroxylation is 1. The fourth-order valence-corrected chi connectivity index (χ4v) is 3.43. The Bertz CT molecular complexity index is 1310. The van der Waals surface area contributed by atoms with Gasteiger partial charge in [0.2, 0.25) is 5.56 Å². The van der Waals surface area contributed by atoms with Gasteiger partial charge in [0, 0.05) is 23.7 Å². The lowest BCUT2D eigenvalue weighted by molar-refractivity contribution is -0.137. The van der Waals surface area contributed by atoms with Crippen molar-refractivity contribution >= 4 is 16.7 Å². The van der Waals surface area contributed by atoms with Gasteiger partial charge in [0.05, 0.1) is 11.1 Å². The minimum absolute atomic E-state index is 0.214. The number of nitrogens with one attached hydrogen (secondary N) is 2. The molecule has 0 radical (unpaired) electrons. The van der Waals surface area contributed by atoms with E-state index >= 15 is 0 Å². The van der Waals surface area contributed by atoms with Crippen molar-refractivity contribution in [2.24, 2.45) is 0 Å². The quantitative estimate of drug-likeness (QED) is 0.455. The summed E-state index contributed by atoms with van der Waals surface area (Å²) in [5.74, 6) is 1.05. The summed E-state index contributed by atoms with van der Waals surface area (Å²) in [4.78, 5) is 23.2. The van der Waals surface area contributed by atoms with Gasteiger partial charge in [-0.1, -0.05) is 18.2 Å². The van der Waals surface area contributed by atoms with Crippen molar-refractivity contribution in [3.8, 4) is 11.1 Å². The Morgan fingerprint density at radius 3 is 2.52 bits per heavy atom. The Balaban J connectivity index is 1.74. The van der Waals surface area contributed by atoms with E-state index in [4.69, 9.17) is 0 Å². The van der Waals surface area contributed by atoms with Gasteiger partial charge >= 0.3 is 6.18 Å². The molecule has 0 aliphatic rings. The van der Waals surface area contributed by atoms with Crippen LogP contribution in [-0.2, 0) is 6.18 Å². The number of aromatic nitrogens is 3. The number of nitrogens with zero attached hydrogens (tertiary/aromatic N) is 2. The molecule has 2 aromatic carbocycles. The maximum atomic E-state index is 13.1. The molecule has 5 nitrogen and oxygen atoms in total. The average Bonchev–Trinajstić information content (AvgIpc) is 2.73. The standard InChI is InChI=1S/C23H19F3N4O/c1-13(15-4-3-5-18(10-15)23(24,25)26)28-22-19-11-16(17-8-9-27-21(31)12-17)6-7-20(19)29-14(2)30-22/h3-13H,1-2H3,(H,27,31)(H,28,29,30)/t13-/m1/s1. The predicted molar refractivity (Wildman–Crippen MR) is 114 cm³/mol. The Morgan fingerprint density at radius 2 is 1.77 bits per heavy atom. The number of halogens is 3. The number of pyridine rings is 1. The van der Waals surface area contributed by atoms with E-state index < -0.39 is 17.8 Å². The molecule has 2 heterocycles. The van der Waals surface area contributed by atoms with Crippen LogP contribution in [0.3, 0.4) is 0 Å². The predicted octanol–water partition coefficient (Wildman–Crippen LogP) is 5.49. The summed E-state index contributed by atoms with van der Waals surface area (Å²) in [7, 11) is 0. The number of aromatic amines is 1. The summed E-state index contributed by atoms with van der Waals surface area (Å²) >= 11 is 0. The number of hydrogen-bond donors (Lipinski definition) is 2. The molecule has 2 N–H and O–H groups in total. The second-order valence-corrected chi connectivity index (χ2v) is 7.28. The highest BCUT2D eigenvalue weighted by Gasteiger charge is 2.30. The van der Waals surface area contributed by atoms with E-state index in [0.29, 0.717) is 28.1 Å². The molecule has 0 saturated carbocycles. The van der Waals surface area contributed by atoms with Crippen LogP contribution in [0.25, 0.3) is 22.0 Å². The van der Waals surface area contributed by atoms with Gasteiger partial charge in [0.15, 0.2) is 0 Å². The number of hydrogen-bond acceptors (Lipinski definition) is 4. The number of alkyl halides is 3. The topological polar surface area (TPSA) is 70.7 Å². The Morgan fingerprint density at radius 1 is 1.00 bits per heavy atom. The van der Waals surface area contributed by atoms with Crippen LogP contribution in [-0.4, -0.2) is 15.0 Å². The van der Waals surface area contributed by atoms with Gasteiger partial charge in [-0.05, 0) is 60.9 Å². The monoisotopic (exact) mass is 424 g/mol. The molecule has 0 unspecified atom stereocenters. The number of fused-ring (bicyclic) bond motifs is 1. The van der Waals surface area contributed by atoms with Crippen LogP contribution in [0.5, 0.6) is 0 Å². The van der Waals surface area contributed by atoms with E-state index in [9.17, 15) is 18.0 Å². The van der Waals surface area contributed by atoms with Crippen LogP contribution in [0.4, 0.5) is 19.0 Å². The summed E-state index contributed by atoms with van der Waals surface area (Å²) in [6.07, 6.45) is -2.83. The van der Waals surface area contributed by atoms with Crippen LogP contribution < -0.4 is 10.9 Å². The molecule has 0 amide bonds. The summed E-state index contributed by atoms with van der Waals surface area (Å²) < 4.78 is 39.3. The van der Waals surface area contributed by atoms with Crippen LogP contribution in [0, 0.1) is 6.92 Å². The summed E-state index contributed by atoms with van der Waals surface area (Å²) in [6, 6.07) is 13.6. The molecular weight excluding hydrogens is 405 g/mol. The molecule has 1 atom stereocenters. The van der Waals surface area contributed by atoms with Crippen molar-refractivity contribution in [1.82, 2.24) is 15.0 Å². The van der Waals surface area contributed by atoms with E-state index in [0.717, 1.165) is 23.3 Å². The van der Waals surface area contributed by atoms with Gasteiger partial charge < -0.3 is 10.3 Å². The molecule has 0 aliphatic heterocycles. The number of H-pyrrole nitrogens is 1. The summed E-state index contributed by atoms with van der Waals surface area (Å²) in [6.45, 7) is 3.53. The van der Waals surface area contributed by atoms with Gasteiger partial charge in [0.25, 0.3) is 0 Å². The molecule has 2 aromatic heterocycles. The minimum atomic E-state index is -4.41. The number of rotatable bonds is 4. The smallest absolute Gasteiger partial charge is 0.363 e. The van der Waals surface area contributed by atoms with Crippen molar-refractivity contribution in [2.45, 2.75) is 26.1 Å². The largest absolute Gasteiger partial charge is 0.416 e. The zero-order valence-corrected chi connectivity index (χ0v) is 16.8. The van der Waals surface area contributed by atoms with Crippen molar-refractivity contribution < 1.29 is 13.2 Å². The zero-order valence-electron chi connectivity index (χ0n) is 16.8. The molecule has 0 bridgehead atoms. The summed E-state index contributed by atoms with van der Waals surface area (Å²) in [5.41, 5.74) is 1.82. The molecule has 4 aromatic rings. The minimum Gasteiger partial charge on any atom is -0.363 e. The second-order valence-electron chi connectivity index (χ2n) is 7.28. The van der Waals surface area contributed by atoms with E-state index in [-0.39, 0.29) is 5.56 Å². The number of benzene rings is 2. The maximum absolute atomic E-state index is 13.1. The van der Waals surface area contributed by atoms with E-state index in [1.54, 1.807) is 32.2 Å². The third-order valence-electron chi connectivity index (χ3n) is 4.98. The lowest BCUT2D eigenvalue weighted by Gasteiger charge is -2.18. The van der Waals surface area contributed by atoms with E-state index in [2.05, 4.69) is 20.3 Å². The molecule has 0 spiro atoms. The normalized spacial score (nSPS) is 12.7. The first-order valence-corrected chi connectivity index (χ1v) is 9.62. The SMILES string of the molecule is Cc1nc(N[C@H](C)c2cccc(C(F)(F)F)c2)c2cc(-c3cc[nH]c(=O)c3)ccc2n1. The molecule has 158 valence electrons. The molecule has 8 heteroatoms. The molecule has 4 rings (SSSR count). The van der Waals surface area contributed by atoms with Crippen molar-refractivity contribution in [1.29, 1.82) is 0 Å². The summed E-state index contributed by atoms with van der Waals surface area (Å²) in [5, 5.41) is 3.93. The maximum Gasteiger partial charge on any atom is 0.416 e. The fourth-order valence-electron chi connectivity index (χ4n) is 3.43. The lowest BCUT2D eigenvalue weighted by Crippen LogP contribution is -2.12. The Labute approximate surface area is 176 Å². The highest BCUT2D eigenvalue weighted by atomic mass is 19.4. The van der Waals surface area contributed by atoms with Crippen molar-refractivity contribution in [3.63, 3.8) is 0 Å². The molecule has 0 saturated heterocycles. The van der Waals surface area contributed by atoms with E-state index in [1.807, 2.05) is 18.2 Å². The molecule has 31 heavy (non-hydrogen) atoms. The van der Waals surface area contributed by atoms with Crippen LogP contribution in [0.15, 0.2) is 65.6 Å². The molecule has 0 fully saturated rings. The van der Waals surface area contributed by atoms with Crippen molar-refractivity contribution in [3.05, 3.63) is 88.1 Å². The number of anilines is 1. The first-order chi connectivity index (χ1) is 14.7. The third-order valence-corrected chi connectivity index (χ3v) is 4.98. The van der Waals surface area contributed by atoms with Crippen LogP contribution >= 0.6 is 0 Å². The Kier molecular flexibility index (Phi) is 5.22. The van der Waals surface area contributed by atoms with E-state index in [1.165, 1.54) is 12.1 Å². The van der Waals surface area contributed by atoms with Gasteiger partial charge in [-0.15, -0.1) is 0 Å². The highest BCUT2D eigenvalue weighted by molar-refractivity contribution is 5.92. The van der Waals surface area contributed by atoms with Crippen LogP contribution in [0.2, 0.25) is 0 Å². The van der Waals surface area contributed by atoms with Gasteiger partial charge in [-0.25, -0.2) is 9.97 Å². The van der Waals surface area contributed by atoms with Crippen LogP contribution in [0.1, 0.15) is 29.9 Å². The van der Waals surface area contributed by atoms with Gasteiger partial charge in [-0.2, -0.15) is 13.2 Å². The zero-order chi connectivity index (χ0) is 22.2. The third kappa shape index (κ3) is 4.42. The fraction of sp³-hybridized carbons (Fsp3) is 0.174. The highest BCUT2D eigenvalue weighted by Crippen LogP contribution is 2.32. The molecule has 0 aliphatic carbocycles. The van der Waals surface area contributed by atoms with Crippen molar-refractivity contribution in [2.75, 3.05) is 5.32 Å². The first kappa shape index (κ1) is 20.6. The first-order valence-electron chi connectivity index (χ1n) is 9.62. The van der Waals surface area contributed by atoms with Gasteiger partial charge in [-0.3, -0.25) is 4.79 Å². The van der Waals surface area contributed by atoms with Gasteiger partial charge in [0.1, 0.15) is 11.6 Å². The average molecular weight is 424 g/mol. The second kappa shape index (κ2) is 7.86. The lowest BCUT2D eigenvalue weighted by atomic mass is 10.0.